The van der Waals surface area contributed by atoms with Crippen LogP contribution >= 0.6 is 11.3 Å². The molecule has 5 aromatic rings. The van der Waals surface area contributed by atoms with Crippen LogP contribution in [0.4, 0.5) is 5.69 Å². The fourth-order valence-electron chi connectivity index (χ4n) is 3.90. The monoisotopic (exact) mass is 486 g/mol. The topological polar surface area (TPSA) is 94.7 Å². The van der Waals surface area contributed by atoms with Crippen molar-refractivity contribution in [2.75, 3.05) is 5.32 Å². The number of fused-ring (bicyclic) bond motifs is 2. The molecule has 0 fully saturated rings. The number of benzene rings is 2. The zero-order valence-electron chi connectivity index (χ0n) is 20.1. The largest absolute Gasteiger partial charge is 0.326 e. The number of thiazole rings is 1. The summed E-state index contributed by atoms with van der Waals surface area (Å²) >= 11 is 1.65. The zero-order valence-corrected chi connectivity index (χ0v) is 20.9. The van der Waals surface area contributed by atoms with Crippen molar-refractivity contribution in [2.45, 2.75) is 46.2 Å². The summed E-state index contributed by atoms with van der Waals surface area (Å²) in [7, 11) is 0. The number of carbonyl (C=O) groups is 1. The molecule has 0 saturated heterocycles. The molecule has 2 aromatic carbocycles. The molecule has 3 aromatic heterocycles. The number of hydrogen-bond donors (Lipinski definition) is 1. The number of rotatable bonds is 5. The summed E-state index contributed by atoms with van der Waals surface area (Å²) in [5, 5.41) is 8.61. The van der Waals surface area contributed by atoms with E-state index in [0.29, 0.717) is 16.7 Å². The Morgan fingerprint density at radius 1 is 1.11 bits per heavy atom. The second-order valence-corrected chi connectivity index (χ2v) is 10.6. The molecular formula is C26H26N6O2S. The Morgan fingerprint density at radius 2 is 1.89 bits per heavy atom. The first kappa shape index (κ1) is 22.9. The molecule has 5 rings (SSSR count). The third kappa shape index (κ3) is 4.59. The van der Waals surface area contributed by atoms with E-state index in [0.717, 1.165) is 20.8 Å². The average Bonchev–Trinajstić information content (AvgIpc) is 3.43. The zero-order chi connectivity index (χ0) is 24.7. The first-order valence-electron chi connectivity index (χ1n) is 11.4. The van der Waals surface area contributed by atoms with Gasteiger partial charge in [0.2, 0.25) is 5.91 Å². The second kappa shape index (κ2) is 8.74. The molecule has 1 amide bonds. The molecule has 0 radical (unpaired) electrons. The molecule has 0 spiro atoms. The molecule has 35 heavy (non-hydrogen) atoms. The van der Waals surface area contributed by atoms with Gasteiger partial charge < -0.3 is 5.32 Å². The number of aromatic nitrogens is 5. The Bertz CT molecular complexity index is 1610. The highest BCUT2D eigenvalue weighted by Crippen LogP contribution is 2.31. The number of nitrogens with one attached hydrogen (secondary N) is 1. The minimum atomic E-state index is -0.283. The van der Waals surface area contributed by atoms with E-state index in [9.17, 15) is 9.59 Å². The number of aryl methyl sites for hydroxylation is 2. The normalized spacial score (nSPS) is 11.9. The van der Waals surface area contributed by atoms with Crippen molar-refractivity contribution in [3.05, 3.63) is 70.9 Å². The van der Waals surface area contributed by atoms with Crippen molar-refractivity contribution in [3.63, 3.8) is 0 Å². The van der Waals surface area contributed by atoms with E-state index in [1.165, 1.54) is 16.5 Å². The van der Waals surface area contributed by atoms with Crippen LogP contribution in [0.1, 0.15) is 32.8 Å². The first-order valence-corrected chi connectivity index (χ1v) is 12.2. The van der Waals surface area contributed by atoms with Gasteiger partial charge in [0.1, 0.15) is 10.4 Å². The third-order valence-electron chi connectivity index (χ3n) is 5.73. The molecule has 9 heteroatoms. The molecule has 0 saturated carbocycles. The maximum absolute atomic E-state index is 12.8. The summed E-state index contributed by atoms with van der Waals surface area (Å²) < 4.78 is 4.35. The molecule has 1 N–H and O–H groups in total. The third-order valence-corrected chi connectivity index (χ3v) is 6.80. The van der Waals surface area contributed by atoms with E-state index in [1.54, 1.807) is 22.2 Å². The lowest BCUT2D eigenvalue weighted by Crippen LogP contribution is -2.26. The molecule has 178 valence electrons. The summed E-state index contributed by atoms with van der Waals surface area (Å²) in [6.45, 7) is 8.32. The van der Waals surface area contributed by atoms with Gasteiger partial charge in [-0.2, -0.15) is 5.10 Å². The molecule has 0 aliphatic rings. The SMILES string of the molecule is Cc1ccc2nc(-c3ccc(NC(=O)CCn4cnc5c(cnn5C(C)(C)C)c4=O)cc3)sc2c1. The lowest BCUT2D eigenvalue weighted by atomic mass is 10.1. The predicted octanol–water partition coefficient (Wildman–Crippen LogP) is 4.96. The Hall–Kier alpha value is -3.85. The van der Waals surface area contributed by atoms with E-state index in [-0.39, 0.29) is 30.0 Å². The van der Waals surface area contributed by atoms with Crippen LogP contribution in [0, 0.1) is 6.92 Å². The molecule has 0 aliphatic carbocycles. The number of nitrogens with zero attached hydrogens (tertiary/aromatic N) is 5. The van der Waals surface area contributed by atoms with Crippen LogP contribution in [-0.4, -0.2) is 30.2 Å². The van der Waals surface area contributed by atoms with Crippen molar-refractivity contribution in [3.8, 4) is 10.6 Å². The van der Waals surface area contributed by atoms with Crippen molar-refractivity contribution >= 4 is 44.2 Å². The van der Waals surface area contributed by atoms with Gasteiger partial charge in [0.25, 0.3) is 5.56 Å². The van der Waals surface area contributed by atoms with Crippen LogP contribution < -0.4 is 10.9 Å². The molecule has 3 heterocycles. The Kier molecular flexibility index (Phi) is 5.72. The summed E-state index contributed by atoms with van der Waals surface area (Å²) in [5.41, 5.74) is 3.96. The minimum Gasteiger partial charge on any atom is -0.326 e. The van der Waals surface area contributed by atoms with Gasteiger partial charge in [-0.05, 0) is 69.7 Å². The summed E-state index contributed by atoms with van der Waals surface area (Å²) in [6, 6.07) is 13.9. The smallest absolute Gasteiger partial charge is 0.264 e. The van der Waals surface area contributed by atoms with E-state index >= 15 is 0 Å². The highest BCUT2D eigenvalue weighted by Gasteiger charge is 2.19. The number of carbonyl (C=O) groups excluding carboxylic acids is 1. The lowest BCUT2D eigenvalue weighted by molar-refractivity contribution is -0.116. The number of hydrogen-bond acceptors (Lipinski definition) is 6. The van der Waals surface area contributed by atoms with Gasteiger partial charge in [0.15, 0.2) is 5.65 Å². The van der Waals surface area contributed by atoms with E-state index in [2.05, 4.69) is 34.5 Å². The Morgan fingerprint density at radius 3 is 2.63 bits per heavy atom. The number of anilines is 1. The van der Waals surface area contributed by atoms with E-state index < -0.39 is 0 Å². The molecule has 8 nitrogen and oxygen atoms in total. The Balaban J connectivity index is 1.24. The van der Waals surface area contributed by atoms with Gasteiger partial charge in [-0.3, -0.25) is 14.2 Å². The van der Waals surface area contributed by atoms with Crippen molar-refractivity contribution < 1.29 is 4.79 Å². The van der Waals surface area contributed by atoms with Gasteiger partial charge in [0.05, 0.1) is 28.3 Å². The van der Waals surface area contributed by atoms with E-state index in [4.69, 9.17) is 4.98 Å². The molecule has 0 unspecified atom stereocenters. The summed E-state index contributed by atoms with van der Waals surface area (Å²) in [6.07, 6.45) is 3.18. The van der Waals surface area contributed by atoms with Crippen molar-refractivity contribution in [1.82, 2.24) is 24.3 Å². The van der Waals surface area contributed by atoms with Crippen LogP contribution in [0.5, 0.6) is 0 Å². The van der Waals surface area contributed by atoms with Crippen LogP contribution in [0.3, 0.4) is 0 Å². The number of amides is 1. The van der Waals surface area contributed by atoms with Crippen molar-refractivity contribution in [2.24, 2.45) is 0 Å². The molecule has 0 aliphatic heterocycles. The van der Waals surface area contributed by atoms with Crippen LogP contribution in [0.2, 0.25) is 0 Å². The lowest BCUT2D eigenvalue weighted by Gasteiger charge is -2.19. The molecule has 0 atom stereocenters. The fraction of sp³-hybridized carbons (Fsp3) is 0.269. The van der Waals surface area contributed by atoms with Gasteiger partial charge in [0, 0.05) is 24.2 Å². The Labute approximate surface area is 206 Å². The van der Waals surface area contributed by atoms with Crippen molar-refractivity contribution in [1.29, 1.82) is 0 Å². The van der Waals surface area contributed by atoms with Crippen LogP contribution in [-0.2, 0) is 16.9 Å². The maximum Gasteiger partial charge on any atom is 0.264 e. The average molecular weight is 487 g/mol. The summed E-state index contributed by atoms with van der Waals surface area (Å²) in [4.78, 5) is 34.5. The summed E-state index contributed by atoms with van der Waals surface area (Å²) in [5.74, 6) is -0.175. The van der Waals surface area contributed by atoms with Gasteiger partial charge in [-0.1, -0.05) is 6.07 Å². The van der Waals surface area contributed by atoms with Gasteiger partial charge in [-0.25, -0.2) is 14.6 Å². The molecular weight excluding hydrogens is 460 g/mol. The second-order valence-electron chi connectivity index (χ2n) is 9.57. The quantitative estimate of drug-likeness (QED) is 0.379. The first-order chi connectivity index (χ1) is 16.7. The van der Waals surface area contributed by atoms with Gasteiger partial charge in [-0.15, -0.1) is 11.3 Å². The highest BCUT2D eigenvalue weighted by molar-refractivity contribution is 7.21. The molecule has 0 bridgehead atoms. The van der Waals surface area contributed by atoms with Gasteiger partial charge >= 0.3 is 0 Å². The fourth-order valence-corrected chi connectivity index (χ4v) is 4.97. The van der Waals surface area contributed by atoms with Crippen LogP contribution in [0.15, 0.2) is 59.8 Å². The standard InChI is InChI=1S/C26H26N6O2S/c1-16-5-10-20-21(13-16)35-24(30-20)17-6-8-18(9-7-17)29-22(33)11-12-31-15-27-23-19(25(31)34)14-28-32(23)26(2,3)4/h5-10,13-15H,11-12H2,1-4H3,(H,29,33). The minimum absolute atomic E-state index is 0.152. The van der Waals surface area contributed by atoms with E-state index in [1.807, 2.05) is 51.1 Å². The highest BCUT2D eigenvalue weighted by atomic mass is 32.1. The van der Waals surface area contributed by atoms with Crippen LogP contribution in [0.25, 0.3) is 31.8 Å². The maximum atomic E-state index is 12.8. The predicted molar refractivity (Wildman–Crippen MR) is 140 cm³/mol.